The van der Waals surface area contributed by atoms with Gasteiger partial charge in [0.25, 0.3) is 0 Å². The number of nitrogens with one attached hydrogen (secondary N) is 1. The Kier molecular flexibility index (Phi) is 4.81. The zero-order chi connectivity index (χ0) is 13.0. The van der Waals surface area contributed by atoms with E-state index in [4.69, 9.17) is 0 Å². The summed E-state index contributed by atoms with van der Waals surface area (Å²) >= 11 is 0. The number of hydrogen-bond acceptors (Lipinski definition) is 2. The molecule has 0 radical (unpaired) electrons. The van der Waals surface area contributed by atoms with Gasteiger partial charge in [-0.05, 0) is 51.6 Å². The van der Waals surface area contributed by atoms with Crippen LogP contribution in [0.5, 0.6) is 0 Å². The number of aromatic nitrogens is 2. The lowest BCUT2D eigenvalue weighted by atomic mass is 9.78. The van der Waals surface area contributed by atoms with Crippen molar-refractivity contribution in [3.8, 4) is 0 Å². The maximum Gasteiger partial charge on any atom is 0.0640 e. The summed E-state index contributed by atoms with van der Waals surface area (Å²) in [7, 11) is 0. The quantitative estimate of drug-likeness (QED) is 0.804. The van der Waals surface area contributed by atoms with Gasteiger partial charge in [0.15, 0.2) is 0 Å². The van der Waals surface area contributed by atoms with Crippen molar-refractivity contribution in [3.05, 3.63) is 18.0 Å². The van der Waals surface area contributed by atoms with Gasteiger partial charge in [0.1, 0.15) is 0 Å². The van der Waals surface area contributed by atoms with Crippen molar-refractivity contribution in [1.29, 1.82) is 0 Å². The predicted molar refractivity (Wildman–Crippen MR) is 75.7 cm³/mol. The number of hydrogen-bond donors (Lipinski definition) is 1. The van der Waals surface area contributed by atoms with Crippen LogP contribution < -0.4 is 5.32 Å². The van der Waals surface area contributed by atoms with Gasteiger partial charge in [0.05, 0.1) is 5.69 Å². The fourth-order valence-electron chi connectivity index (χ4n) is 2.58. The van der Waals surface area contributed by atoms with Gasteiger partial charge in [0, 0.05) is 24.7 Å². The van der Waals surface area contributed by atoms with Crippen LogP contribution >= 0.6 is 0 Å². The molecule has 18 heavy (non-hydrogen) atoms. The molecule has 1 aliphatic carbocycles. The van der Waals surface area contributed by atoms with Crippen LogP contribution in [0, 0.1) is 5.92 Å². The van der Waals surface area contributed by atoms with E-state index in [1.165, 1.54) is 31.4 Å². The van der Waals surface area contributed by atoms with E-state index in [0.29, 0.717) is 12.1 Å². The van der Waals surface area contributed by atoms with E-state index in [-0.39, 0.29) is 0 Å². The molecule has 0 aromatic carbocycles. The molecule has 0 saturated heterocycles. The molecule has 1 fully saturated rings. The van der Waals surface area contributed by atoms with E-state index in [2.05, 4.69) is 48.1 Å². The molecule has 0 spiro atoms. The molecule has 2 rings (SSSR count). The number of rotatable bonds is 7. The second-order valence-electron chi connectivity index (χ2n) is 5.84. The normalized spacial score (nSPS) is 18.0. The van der Waals surface area contributed by atoms with Crippen LogP contribution in [0.4, 0.5) is 0 Å². The molecular formula is C15H27N3. The molecule has 3 heteroatoms. The first kappa shape index (κ1) is 13.6. The first-order valence-electron chi connectivity index (χ1n) is 7.48. The van der Waals surface area contributed by atoms with Crippen molar-refractivity contribution < 1.29 is 0 Å². The van der Waals surface area contributed by atoms with Crippen molar-refractivity contribution in [1.82, 2.24) is 15.1 Å². The molecule has 0 aliphatic heterocycles. The lowest BCUT2D eigenvalue weighted by molar-refractivity contribution is 0.226. The number of nitrogens with zero attached hydrogens (tertiary/aromatic N) is 2. The average molecular weight is 249 g/mol. The van der Waals surface area contributed by atoms with Gasteiger partial charge in [-0.2, -0.15) is 5.10 Å². The molecule has 3 nitrogen and oxygen atoms in total. The SMILES string of the molecule is CCCNC(Cc1ccn(C(C)C)n1)C1CCC1. The minimum absolute atomic E-state index is 0.463. The smallest absolute Gasteiger partial charge is 0.0640 e. The Morgan fingerprint density at radius 2 is 2.22 bits per heavy atom. The summed E-state index contributed by atoms with van der Waals surface area (Å²) < 4.78 is 2.06. The average Bonchev–Trinajstić information content (AvgIpc) is 2.72. The van der Waals surface area contributed by atoms with Crippen LogP contribution in [0.25, 0.3) is 0 Å². The minimum Gasteiger partial charge on any atom is -0.313 e. The topological polar surface area (TPSA) is 29.9 Å². The van der Waals surface area contributed by atoms with Crippen molar-refractivity contribution in [2.75, 3.05) is 6.54 Å². The van der Waals surface area contributed by atoms with Gasteiger partial charge in [-0.3, -0.25) is 4.68 Å². The molecule has 0 amide bonds. The highest BCUT2D eigenvalue weighted by Gasteiger charge is 2.27. The molecule has 1 atom stereocenters. The van der Waals surface area contributed by atoms with Crippen LogP contribution in [0.2, 0.25) is 0 Å². The van der Waals surface area contributed by atoms with Gasteiger partial charge in [-0.15, -0.1) is 0 Å². The highest BCUT2D eigenvalue weighted by Crippen LogP contribution is 2.31. The fourth-order valence-corrected chi connectivity index (χ4v) is 2.58. The summed E-state index contributed by atoms with van der Waals surface area (Å²) in [5, 5.41) is 8.38. The summed E-state index contributed by atoms with van der Waals surface area (Å²) in [6.45, 7) is 7.72. The van der Waals surface area contributed by atoms with Crippen molar-refractivity contribution in [2.24, 2.45) is 5.92 Å². The fraction of sp³-hybridized carbons (Fsp3) is 0.800. The summed E-state index contributed by atoms with van der Waals surface area (Å²) in [5.74, 6) is 0.876. The summed E-state index contributed by atoms with van der Waals surface area (Å²) in [5.41, 5.74) is 1.24. The van der Waals surface area contributed by atoms with E-state index in [9.17, 15) is 0 Å². The molecule has 1 saturated carbocycles. The maximum atomic E-state index is 4.68. The molecule has 1 heterocycles. The molecule has 1 aromatic rings. The summed E-state index contributed by atoms with van der Waals surface area (Å²) in [4.78, 5) is 0. The second-order valence-corrected chi connectivity index (χ2v) is 5.84. The third-order valence-electron chi connectivity index (χ3n) is 4.00. The Hall–Kier alpha value is -0.830. The lowest BCUT2D eigenvalue weighted by Gasteiger charge is -2.34. The molecule has 1 aromatic heterocycles. The molecule has 102 valence electrons. The minimum atomic E-state index is 0.463. The van der Waals surface area contributed by atoms with Gasteiger partial charge in [0.2, 0.25) is 0 Å². The van der Waals surface area contributed by atoms with Gasteiger partial charge in [-0.1, -0.05) is 13.3 Å². The monoisotopic (exact) mass is 249 g/mol. The van der Waals surface area contributed by atoms with Crippen LogP contribution in [0.1, 0.15) is 58.2 Å². The summed E-state index contributed by atoms with van der Waals surface area (Å²) in [6, 6.07) is 3.28. The molecule has 1 unspecified atom stereocenters. The van der Waals surface area contributed by atoms with Gasteiger partial charge < -0.3 is 5.32 Å². The Morgan fingerprint density at radius 3 is 2.72 bits per heavy atom. The Morgan fingerprint density at radius 1 is 1.44 bits per heavy atom. The van der Waals surface area contributed by atoms with Crippen molar-refractivity contribution in [2.45, 2.75) is 65.0 Å². The van der Waals surface area contributed by atoms with E-state index in [1.54, 1.807) is 0 Å². The highest BCUT2D eigenvalue weighted by atomic mass is 15.3. The summed E-state index contributed by atoms with van der Waals surface area (Å²) in [6.07, 6.45) is 8.61. The second kappa shape index (κ2) is 6.37. The van der Waals surface area contributed by atoms with Crippen LogP contribution in [0.3, 0.4) is 0 Å². The Bertz CT molecular complexity index is 352. The first-order chi connectivity index (χ1) is 8.70. The van der Waals surface area contributed by atoms with E-state index in [0.717, 1.165) is 18.9 Å². The third-order valence-corrected chi connectivity index (χ3v) is 4.00. The van der Waals surface area contributed by atoms with Crippen molar-refractivity contribution >= 4 is 0 Å². The molecule has 0 bridgehead atoms. The lowest BCUT2D eigenvalue weighted by Crippen LogP contribution is -2.41. The molecule has 1 N–H and O–H groups in total. The van der Waals surface area contributed by atoms with Crippen LogP contribution in [-0.4, -0.2) is 22.4 Å². The highest BCUT2D eigenvalue weighted by molar-refractivity contribution is 5.03. The zero-order valence-corrected chi connectivity index (χ0v) is 12.0. The standard InChI is InChI=1S/C15H27N3/c1-4-9-16-15(13-6-5-7-13)11-14-8-10-18(17-14)12(2)3/h8,10,12-13,15-16H,4-7,9,11H2,1-3H3. The van der Waals surface area contributed by atoms with Gasteiger partial charge >= 0.3 is 0 Å². The van der Waals surface area contributed by atoms with E-state index >= 15 is 0 Å². The van der Waals surface area contributed by atoms with Crippen LogP contribution in [-0.2, 0) is 6.42 Å². The first-order valence-corrected chi connectivity index (χ1v) is 7.48. The van der Waals surface area contributed by atoms with E-state index in [1.807, 2.05) is 0 Å². The molecule has 1 aliphatic rings. The zero-order valence-electron chi connectivity index (χ0n) is 12.0. The third kappa shape index (κ3) is 3.35. The largest absolute Gasteiger partial charge is 0.313 e. The van der Waals surface area contributed by atoms with Crippen LogP contribution in [0.15, 0.2) is 12.3 Å². The molecular weight excluding hydrogens is 222 g/mol. The predicted octanol–water partition coefficient (Wildman–Crippen LogP) is 3.17. The maximum absolute atomic E-state index is 4.68. The van der Waals surface area contributed by atoms with Gasteiger partial charge in [-0.25, -0.2) is 0 Å². The van der Waals surface area contributed by atoms with Crippen molar-refractivity contribution in [3.63, 3.8) is 0 Å². The Balaban J connectivity index is 1.93. The Labute approximate surface area is 111 Å². The van der Waals surface area contributed by atoms with E-state index < -0.39 is 0 Å².